The van der Waals surface area contributed by atoms with Crippen molar-refractivity contribution in [2.75, 3.05) is 9.80 Å². The zero-order chi connectivity index (χ0) is 35.4. The summed E-state index contributed by atoms with van der Waals surface area (Å²) in [6.45, 7) is 3.29. The first-order valence-electron chi connectivity index (χ1n) is 15.6. The van der Waals surface area contributed by atoms with Crippen molar-refractivity contribution in [1.29, 1.82) is 0 Å². The molecule has 3 aromatic rings. The Bertz CT molecular complexity index is 1940. The van der Waals surface area contributed by atoms with Crippen LogP contribution in [-0.2, 0) is 31.5 Å². The van der Waals surface area contributed by atoms with Crippen LogP contribution in [0.2, 0.25) is 0 Å². The number of nitrogens with zero attached hydrogens (tertiary/aromatic N) is 2. The molecule has 1 N–H and O–H groups in total. The number of rotatable bonds is 3. The average Bonchev–Trinajstić information content (AvgIpc) is 3.41. The van der Waals surface area contributed by atoms with Gasteiger partial charge >= 0.3 is 12.4 Å². The summed E-state index contributed by atoms with van der Waals surface area (Å²) in [7, 11) is 0. The molecule has 7 nitrogen and oxygen atoms in total. The molecule has 4 aliphatic rings. The summed E-state index contributed by atoms with van der Waals surface area (Å²) >= 11 is 0. The van der Waals surface area contributed by atoms with Crippen LogP contribution >= 0.6 is 0 Å². The second kappa shape index (κ2) is 10.8. The Hall–Kier alpha value is -4.94. The van der Waals surface area contributed by atoms with Gasteiger partial charge < -0.3 is 5.11 Å². The first-order valence-corrected chi connectivity index (χ1v) is 15.6. The lowest BCUT2D eigenvalue weighted by Crippen LogP contribution is -2.49. The molecule has 13 heteroatoms. The van der Waals surface area contributed by atoms with Crippen LogP contribution < -0.4 is 9.80 Å². The van der Waals surface area contributed by atoms with Crippen molar-refractivity contribution in [2.45, 2.75) is 45.0 Å². The van der Waals surface area contributed by atoms with Crippen LogP contribution in [-0.4, -0.2) is 28.7 Å². The molecule has 3 fully saturated rings. The van der Waals surface area contributed by atoms with E-state index in [1.54, 1.807) is 68.5 Å². The Morgan fingerprint density at radius 3 is 2.00 bits per heavy atom. The maximum Gasteiger partial charge on any atom is 0.416 e. The lowest BCUT2D eigenvalue weighted by atomic mass is 9.51. The lowest BCUT2D eigenvalue weighted by Gasteiger charge is -2.49. The molecule has 49 heavy (non-hydrogen) atoms. The van der Waals surface area contributed by atoms with Crippen molar-refractivity contribution >= 4 is 35.0 Å². The first kappa shape index (κ1) is 32.6. The molecular formula is C36H28F6N2O5. The Labute approximate surface area is 275 Å². The van der Waals surface area contributed by atoms with E-state index in [-0.39, 0.29) is 24.7 Å². The molecule has 0 spiro atoms. The number of allylic oxidation sites excluding steroid dienone is 2. The molecule has 6 atom stereocenters. The molecule has 3 aromatic carbocycles. The highest BCUT2D eigenvalue weighted by atomic mass is 19.4. The van der Waals surface area contributed by atoms with E-state index in [9.17, 15) is 50.6 Å². The number of hydrogen-bond acceptors (Lipinski definition) is 5. The third-order valence-corrected chi connectivity index (χ3v) is 10.7. The zero-order valence-corrected chi connectivity index (χ0v) is 26.0. The number of aromatic hydroxyl groups is 1. The van der Waals surface area contributed by atoms with Crippen LogP contribution in [0.4, 0.5) is 37.7 Å². The molecule has 2 aliphatic heterocycles. The van der Waals surface area contributed by atoms with Crippen LogP contribution in [0, 0.1) is 36.0 Å². The van der Waals surface area contributed by atoms with Crippen molar-refractivity contribution in [3.63, 3.8) is 0 Å². The quantitative estimate of drug-likeness (QED) is 0.180. The van der Waals surface area contributed by atoms with E-state index in [1.165, 1.54) is 0 Å². The summed E-state index contributed by atoms with van der Waals surface area (Å²) in [6.07, 6.45) is -8.94. The number of aryl methyl sites for hydroxylation is 1. The summed E-state index contributed by atoms with van der Waals surface area (Å²) in [5.74, 6) is -8.46. The summed E-state index contributed by atoms with van der Waals surface area (Å²) < 4.78 is 82.4. The van der Waals surface area contributed by atoms with Gasteiger partial charge in [-0.3, -0.25) is 19.2 Å². The fraction of sp³-hybridized carbons (Fsp3) is 0.333. The molecule has 2 saturated heterocycles. The number of imide groups is 2. The highest BCUT2D eigenvalue weighted by Gasteiger charge is 2.68. The van der Waals surface area contributed by atoms with Gasteiger partial charge in [-0.1, -0.05) is 48.0 Å². The number of halogens is 6. The number of alkyl halides is 6. The number of amides is 4. The summed E-state index contributed by atoms with van der Waals surface area (Å²) in [4.78, 5) is 58.1. The summed E-state index contributed by atoms with van der Waals surface area (Å²) in [6, 6.07) is 13.8. The van der Waals surface area contributed by atoms with E-state index in [1.807, 2.05) is 0 Å². The smallest absolute Gasteiger partial charge is 0.416 e. The van der Waals surface area contributed by atoms with Crippen LogP contribution in [0.25, 0.3) is 0 Å². The highest BCUT2D eigenvalue weighted by Crippen LogP contribution is 2.64. The minimum absolute atomic E-state index is 0.0800. The van der Waals surface area contributed by atoms with Gasteiger partial charge in [-0.25, -0.2) is 9.80 Å². The van der Waals surface area contributed by atoms with Gasteiger partial charge in [-0.15, -0.1) is 0 Å². The number of phenolic OH excluding ortho intramolecular Hbond substituents is 1. The largest absolute Gasteiger partial charge is 0.507 e. The van der Waals surface area contributed by atoms with E-state index in [0.717, 1.165) is 4.90 Å². The Morgan fingerprint density at radius 1 is 0.755 bits per heavy atom. The van der Waals surface area contributed by atoms with Gasteiger partial charge in [0.15, 0.2) is 0 Å². The second-order valence-electron chi connectivity index (χ2n) is 13.3. The number of benzene rings is 3. The second-order valence-corrected chi connectivity index (χ2v) is 13.3. The Morgan fingerprint density at radius 2 is 1.39 bits per heavy atom. The number of carbonyl (C=O) groups excluding carboxylic acids is 4. The maximum atomic E-state index is 14.4. The van der Waals surface area contributed by atoms with E-state index in [4.69, 9.17) is 0 Å². The van der Waals surface area contributed by atoms with Crippen LogP contribution in [0.15, 0.2) is 78.4 Å². The number of anilines is 2. The van der Waals surface area contributed by atoms with Crippen LogP contribution in [0.1, 0.15) is 47.9 Å². The van der Waals surface area contributed by atoms with E-state index >= 15 is 0 Å². The molecule has 0 radical (unpaired) electrons. The van der Waals surface area contributed by atoms with Crippen LogP contribution in [0.5, 0.6) is 5.75 Å². The molecule has 2 aliphatic carbocycles. The Balaban J connectivity index is 1.37. The van der Waals surface area contributed by atoms with Crippen molar-refractivity contribution in [1.82, 2.24) is 0 Å². The molecule has 4 amide bonds. The van der Waals surface area contributed by atoms with E-state index in [2.05, 4.69) is 0 Å². The monoisotopic (exact) mass is 682 g/mol. The number of para-hydroxylation sites is 2. The number of fused-ring (bicyclic) bond motifs is 4. The van der Waals surface area contributed by atoms with Gasteiger partial charge in [0.2, 0.25) is 23.6 Å². The SMILES string of the molecule is Cc1cccc([C@H]2C3=CC[C@@H]4C(=O)N(c5cc(C(F)(F)F)cc(C(F)(F)F)c5)C(=O)[C@@H]4[C@@H]3C[C@H]3C(=O)N(c4ccccc4)C(=O)[C@@]23C)c1O. The summed E-state index contributed by atoms with van der Waals surface area (Å²) in [5, 5.41) is 11.3. The lowest BCUT2D eigenvalue weighted by molar-refractivity contribution is -0.143. The number of carbonyl (C=O) groups is 4. The minimum atomic E-state index is -5.21. The van der Waals surface area contributed by atoms with E-state index < -0.39 is 87.8 Å². The molecule has 0 bridgehead atoms. The molecule has 0 unspecified atom stereocenters. The van der Waals surface area contributed by atoms with Gasteiger partial charge in [-0.2, -0.15) is 26.3 Å². The van der Waals surface area contributed by atoms with E-state index in [0.29, 0.717) is 39.4 Å². The number of phenols is 1. The van der Waals surface area contributed by atoms with Gasteiger partial charge in [-0.05, 0) is 68.5 Å². The molecule has 0 aromatic heterocycles. The number of hydrogen-bond donors (Lipinski definition) is 1. The van der Waals surface area contributed by atoms with Crippen molar-refractivity contribution in [3.05, 3.63) is 101 Å². The zero-order valence-electron chi connectivity index (χ0n) is 26.0. The standard InChI is InChI=1S/C36H28F6N2O5/c1-17-7-6-10-24(29(17)45)28-22-11-12-23-27(25(22)16-26-31(47)44(33(49)34(26,28)2)20-8-4-3-5-9-20)32(48)43(30(23)46)21-14-18(35(37,38)39)13-19(15-21)36(40,41)42/h3-11,13-15,23,25-28,45H,12,16H2,1-2H3/t23-,25+,26-,27-,28+,34+/m0/s1. The molecular weight excluding hydrogens is 654 g/mol. The van der Waals surface area contributed by atoms with Gasteiger partial charge in [0.05, 0.1) is 45.7 Å². The normalized spacial score (nSPS) is 28.4. The van der Waals surface area contributed by atoms with Gasteiger partial charge in [0.25, 0.3) is 0 Å². The predicted octanol–water partition coefficient (Wildman–Crippen LogP) is 7.17. The first-order chi connectivity index (χ1) is 23.0. The topological polar surface area (TPSA) is 95.0 Å². The predicted molar refractivity (Wildman–Crippen MR) is 163 cm³/mol. The Kier molecular flexibility index (Phi) is 7.17. The molecule has 7 rings (SSSR count). The summed E-state index contributed by atoms with van der Waals surface area (Å²) in [5.41, 5.74) is -4.05. The molecule has 254 valence electrons. The molecule has 1 saturated carbocycles. The molecule has 2 heterocycles. The average molecular weight is 683 g/mol. The maximum absolute atomic E-state index is 14.4. The van der Waals surface area contributed by atoms with Gasteiger partial charge in [0.1, 0.15) is 5.75 Å². The third kappa shape index (κ3) is 4.72. The highest BCUT2D eigenvalue weighted by molar-refractivity contribution is 6.25. The van der Waals surface area contributed by atoms with Crippen LogP contribution in [0.3, 0.4) is 0 Å². The third-order valence-electron chi connectivity index (χ3n) is 10.7. The van der Waals surface area contributed by atoms with Crippen molar-refractivity contribution in [3.8, 4) is 5.75 Å². The van der Waals surface area contributed by atoms with Crippen molar-refractivity contribution in [2.24, 2.45) is 29.1 Å². The fourth-order valence-electron chi connectivity index (χ4n) is 8.42. The fourth-order valence-corrected chi connectivity index (χ4v) is 8.42. The van der Waals surface area contributed by atoms with Crippen molar-refractivity contribution < 1.29 is 50.6 Å². The minimum Gasteiger partial charge on any atom is -0.507 e. The van der Waals surface area contributed by atoms with Gasteiger partial charge in [0, 0.05) is 11.5 Å².